The van der Waals surface area contributed by atoms with E-state index < -0.39 is 9.84 Å². The minimum absolute atomic E-state index is 0.245. The number of amides is 1. The molecule has 0 aromatic heterocycles. The molecule has 0 aliphatic carbocycles. The Bertz CT molecular complexity index is 749. The molecule has 1 aromatic rings. The zero-order valence-corrected chi connectivity index (χ0v) is 19.2. The Morgan fingerprint density at radius 3 is 2.38 bits per heavy atom. The van der Waals surface area contributed by atoms with Gasteiger partial charge in [0.15, 0.2) is 9.84 Å². The molecule has 1 aromatic carbocycles. The number of likely N-dealkylation sites (N-methyl/N-ethyl adjacent to an activating group) is 1. The van der Waals surface area contributed by atoms with Gasteiger partial charge in [0, 0.05) is 31.9 Å². The number of nitrogens with zero attached hydrogens (tertiary/aromatic N) is 3. The summed E-state index contributed by atoms with van der Waals surface area (Å²) in [5.74, 6) is 0.245. The molecule has 1 aliphatic rings. The van der Waals surface area contributed by atoms with Crippen LogP contribution in [0.25, 0.3) is 0 Å². The molecule has 0 bridgehead atoms. The first-order valence-electron chi connectivity index (χ1n) is 10.7. The maximum absolute atomic E-state index is 12.1. The Morgan fingerprint density at radius 2 is 1.79 bits per heavy atom. The highest BCUT2D eigenvalue weighted by Gasteiger charge is 2.21. The van der Waals surface area contributed by atoms with Gasteiger partial charge in [-0.25, -0.2) is 8.42 Å². The van der Waals surface area contributed by atoms with Crippen molar-refractivity contribution < 1.29 is 13.2 Å². The highest BCUT2D eigenvalue weighted by Crippen LogP contribution is 2.15. The van der Waals surface area contributed by atoms with Crippen molar-refractivity contribution >= 4 is 15.7 Å². The van der Waals surface area contributed by atoms with Crippen LogP contribution in [0.2, 0.25) is 0 Å². The van der Waals surface area contributed by atoms with E-state index in [1.54, 1.807) is 12.1 Å². The molecule has 0 spiro atoms. The summed E-state index contributed by atoms with van der Waals surface area (Å²) in [4.78, 5) is 19.0. The number of unbranched alkanes of at least 4 members (excludes halogenated alkanes) is 1. The van der Waals surface area contributed by atoms with E-state index in [2.05, 4.69) is 23.6 Å². The number of rotatable bonds is 11. The van der Waals surface area contributed by atoms with Gasteiger partial charge in [0.25, 0.3) is 0 Å². The van der Waals surface area contributed by atoms with Crippen molar-refractivity contribution in [2.24, 2.45) is 0 Å². The Kier molecular flexibility index (Phi) is 9.11. The lowest BCUT2D eigenvalue weighted by atomic mass is 10.1. The highest BCUT2D eigenvalue weighted by molar-refractivity contribution is 7.90. The molecule has 1 aliphatic heterocycles. The fourth-order valence-corrected chi connectivity index (χ4v) is 4.49. The van der Waals surface area contributed by atoms with E-state index in [1.807, 2.05) is 24.1 Å². The first-order chi connectivity index (χ1) is 13.7. The third-order valence-corrected chi connectivity index (χ3v) is 6.78. The van der Waals surface area contributed by atoms with E-state index in [-0.39, 0.29) is 5.91 Å². The number of hydrogen-bond donors (Lipinski definition) is 0. The van der Waals surface area contributed by atoms with Gasteiger partial charge in [0.2, 0.25) is 5.91 Å². The molecule has 1 fully saturated rings. The normalized spacial score (nSPS) is 17.1. The van der Waals surface area contributed by atoms with Crippen LogP contribution < -0.4 is 0 Å². The number of benzene rings is 1. The minimum atomic E-state index is -3.15. The van der Waals surface area contributed by atoms with Crippen molar-refractivity contribution in [1.29, 1.82) is 0 Å². The van der Waals surface area contributed by atoms with Crippen molar-refractivity contribution in [1.82, 2.24) is 14.7 Å². The Hall–Kier alpha value is -1.44. The standard InChI is InChI=1S/C22H37N3O3S/c1-5-12-24(13-6-7-14-25-16-15-23(3)18-22(25)26)19(2)17-20-8-10-21(11-9-20)29(4,27)28/h8-11,19H,5-7,12-18H2,1-4H3. The van der Waals surface area contributed by atoms with Crippen LogP contribution in [0.1, 0.15) is 38.7 Å². The zero-order valence-electron chi connectivity index (χ0n) is 18.4. The molecule has 0 N–H and O–H groups in total. The van der Waals surface area contributed by atoms with E-state index in [0.717, 1.165) is 64.0 Å². The first kappa shape index (κ1) is 23.8. The van der Waals surface area contributed by atoms with Crippen LogP contribution in [-0.2, 0) is 21.1 Å². The van der Waals surface area contributed by atoms with Crippen molar-refractivity contribution in [2.45, 2.75) is 50.5 Å². The maximum Gasteiger partial charge on any atom is 0.236 e. The highest BCUT2D eigenvalue weighted by atomic mass is 32.2. The SMILES string of the molecule is CCCN(CCCCN1CCN(C)CC1=O)C(C)Cc1ccc(S(C)(=O)=O)cc1. The summed E-state index contributed by atoms with van der Waals surface area (Å²) in [6, 6.07) is 7.65. The molecular formula is C22H37N3O3S. The largest absolute Gasteiger partial charge is 0.340 e. The van der Waals surface area contributed by atoms with Crippen LogP contribution in [0.5, 0.6) is 0 Å². The van der Waals surface area contributed by atoms with E-state index in [1.165, 1.54) is 6.26 Å². The molecule has 2 rings (SSSR count). The Balaban J connectivity index is 1.81. The van der Waals surface area contributed by atoms with E-state index in [9.17, 15) is 13.2 Å². The summed E-state index contributed by atoms with van der Waals surface area (Å²) in [5.41, 5.74) is 1.16. The molecule has 29 heavy (non-hydrogen) atoms. The summed E-state index contributed by atoms with van der Waals surface area (Å²) in [5, 5.41) is 0. The van der Waals surface area contributed by atoms with Crippen molar-refractivity contribution in [2.75, 3.05) is 52.6 Å². The van der Waals surface area contributed by atoms with Crippen LogP contribution in [0.15, 0.2) is 29.2 Å². The number of carbonyl (C=O) groups is 1. The van der Waals surface area contributed by atoms with Crippen LogP contribution in [0, 0.1) is 0 Å². The average molecular weight is 424 g/mol. The molecule has 1 atom stereocenters. The number of carbonyl (C=O) groups excluding carboxylic acids is 1. The van der Waals surface area contributed by atoms with Gasteiger partial charge in [-0.3, -0.25) is 9.69 Å². The monoisotopic (exact) mass is 423 g/mol. The smallest absolute Gasteiger partial charge is 0.236 e. The Morgan fingerprint density at radius 1 is 1.10 bits per heavy atom. The van der Waals surface area contributed by atoms with Crippen molar-refractivity contribution in [3.63, 3.8) is 0 Å². The van der Waals surface area contributed by atoms with Crippen LogP contribution >= 0.6 is 0 Å². The van der Waals surface area contributed by atoms with Gasteiger partial charge < -0.3 is 9.80 Å². The average Bonchev–Trinajstić information content (AvgIpc) is 2.65. The number of piperazine rings is 1. The predicted octanol–water partition coefficient (Wildman–Crippen LogP) is 2.29. The van der Waals surface area contributed by atoms with Crippen LogP contribution in [0.3, 0.4) is 0 Å². The van der Waals surface area contributed by atoms with E-state index >= 15 is 0 Å². The van der Waals surface area contributed by atoms with Gasteiger partial charge >= 0.3 is 0 Å². The fraction of sp³-hybridized carbons (Fsp3) is 0.682. The van der Waals surface area contributed by atoms with E-state index in [0.29, 0.717) is 17.5 Å². The second-order valence-electron chi connectivity index (χ2n) is 8.33. The minimum Gasteiger partial charge on any atom is -0.340 e. The molecule has 7 heteroatoms. The third kappa shape index (κ3) is 7.72. The summed E-state index contributed by atoms with van der Waals surface area (Å²) >= 11 is 0. The summed E-state index contributed by atoms with van der Waals surface area (Å²) in [6.45, 7) is 9.71. The molecule has 1 heterocycles. The first-order valence-corrected chi connectivity index (χ1v) is 12.6. The molecule has 0 radical (unpaired) electrons. The van der Waals surface area contributed by atoms with Crippen molar-refractivity contribution in [3.8, 4) is 0 Å². The van der Waals surface area contributed by atoms with Gasteiger partial charge in [-0.05, 0) is 70.4 Å². The number of hydrogen-bond acceptors (Lipinski definition) is 5. The third-order valence-electron chi connectivity index (χ3n) is 5.65. The molecule has 164 valence electrons. The molecule has 1 unspecified atom stereocenters. The molecule has 1 saturated heterocycles. The maximum atomic E-state index is 12.1. The molecule has 1 amide bonds. The summed E-state index contributed by atoms with van der Waals surface area (Å²) in [6.07, 6.45) is 5.36. The van der Waals surface area contributed by atoms with Gasteiger partial charge in [-0.15, -0.1) is 0 Å². The summed E-state index contributed by atoms with van der Waals surface area (Å²) < 4.78 is 23.2. The van der Waals surface area contributed by atoms with Crippen molar-refractivity contribution in [3.05, 3.63) is 29.8 Å². The van der Waals surface area contributed by atoms with Gasteiger partial charge in [-0.2, -0.15) is 0 Å². The quantitative estimate of drug-likeness (QED) is 0.511. The Labute approximate surface area is 176 Å². The second kappa shape index (κ2) is 11.1. The lowest BCUT2D eigenvalue weighted by molar-refractivity contribution is -0.135. The van der Waals surface area contributed by atoms with Gasteiger partial charge in [0.1, 0.15) is 0 Å². The summed E-state index contributed by atoms with van der Waals surface area (Å²) in [7, 11) is -1.15. The lowest BCUT2D eigenvalue weighted by Crippen LogP contribution is -2.49. The van der Waals surface area contributed by atoms with Gasteiger partial charge in [0.05, 0.1) is 11.4 Å². The van der Waals surface area contributed by atoms with Crippen LogP contribution in [-0.4, -0.2) is 87.6 Å². The number of sulfone groups is 1. The van der Waals surface area contributed by atoms with E-state index in [4.69, 9.17) is 0 Å². The lowest BCUT2D eigenvalue weighted by Gasteiger charge is -2.33. The zero-order chi connectivity index (χ0) is 21.4. The topological polar surface area (TPSA) is 60.9 Å². The molecular weight excluding hydrogens is 386 g/mol. The second-order valence-corrected chi connectivity index (χ2v) is 10.3. The van der Waals surface area contributed by atoms with Crippen LogP contribution in [0.4, 0.5) is 0 Å². The molecule has 0 saturated carbocycles. The van der Waals surface area contributed by atoms with Gasteiger partial charge in [-0.1, -0.05) is 19.1 Å². The fourth-order valence-electron chi connectivity index (χ4n) is 3.86. The molecule has 6 nitrogen and oxygen atoms in total. The predicted molar refractivity (Wildman–Crippen MR) is 118 cm³/mol.